The third-order valence-corrected chi connectivity index (χ3v) is 6.77. The van der Waals surface area contributed by atoms with E-state index in [1.54, 1.807) is 18.2 Å². The third-order valence-electron chi connectivity index (χ3n) is 6.48. The molecule has 4 heterocycles. The normalized spacial score (nSPS) is 17.1. The van der Waals surface area contributed by atoms with E-state index in [0.717, 1.165) is 6.20 Å². The topological polar surface area (TPSA) is 105 Å². The van der Waals surface area contributed by atoms with Crippen LogP contribution >= 0.6 is 11.6 Å². The molecule has 200 valence electrons. The summed E-state index contributed by atoms with van der Waals surface area (Å²) in [5.41, 5.74) is 1.68. The van der Waals surface area contributed by atoms with E-state index >= 15 is 4.39 Å². The summed E-state index contributed by atoms with van der Waals surface area (Å²) in [7, 11) is 0. The van der Waals surface area contributed by atoms with E-state index in [9.17, 15) is 17.6 Å². The van der Waals surface area contributed by atoms with E-state index in [1.807, 2.05) is 0 Å². The summed E-state index contributed by atoms with van der Waals surface area (Å²) in [6.07, 6.45) is 6.40. The second kappa shape index (κ2) is 9.48. The Bertz CT molecular complexity index is 1620. The van der Waals surface area contributed by atoms with Crippen LogP contribution in [0.15, 0.2) is 55.4 Å². The summed E-state index contributed by atoms with van der Waals surface area (Å²) in [6.45, 7) is -2.86. The maximum absolute atomic E-state index is 15.1. The molecule has 4 aromatic heterocycles. The van der Waals surface area contributed by atoms with Gasteiger partial charge in [0, 0.05) is 41.4 Å². The van der Waals surface area contributed by atoms with Crippen LogP contribution in [0.25, 0.3) is 28.1 Å². The molecule has 0 N–H and O–H groups in total. The molecular formula is C23H16ClF5N10. The van der Waals surface area contributed by atoms with Crippen LogP contribution in [0.5, 0.6) is 0 Å². The molecule has 39 heavy (non-hydrogen) atoms. The Balaban J connectivity index is 1.35. The Morgan fingerprint density at radius 3 is 2.49 bits per heavy atom. The highest BCUT2D eigenvalue weighted by atomic mass is 35.5. The number of rotatable bonds is 8. The molecule has 1 aromatic carbocycles. The maximum atomic E-state index is 15.1. The SMILES string of the molecule is Fc1c(Cl)ccc(-n2cnnn2)c1-c1ccc([C@@H](C[C@H]2CC2(F)F)n2cc(-c3cn(C(F)F)nn3)cn2)nc1. The van der Waals surface area contributed by atoms with E-state index in [2.05, 4.69) is 35.9 Å². The monoisotopic (exact) mass is 562 g/mol. The molecule has 1 saturated carbocycles. The molecule has 1 aliphatic rings. The summed E-state index contributed by atoms with van der Waals surface area (Å²) in [5, 5.41) is 22.2. The molecule has 1 fully saturated rings. The van der Waals surface area contributed by atoms with Crippen molar-refractivity contribution in [1.29, 1.82) is 0 Å². The van der Waals surface area contributed by atoms with Crippen LogP contribution in [-0.4, -0.2) is 55.9 Å². The van der Waals surface area contributed by atoms with Crippen molar-refractivity contribution in [3.63, 3.8) is 0 Å². The van der Waals surface area contributed by atoms with Crippen LogP contribution in [0, 0.1) is 11.7 Å². The Morgan fingerprint density at radius 1 is 1.03 bits per heavy atom. The minimum atomic E-state index is -2.86. The summed E-state index contributed by atoms with van der Waals surface area (Å²) >= 11 is 6.03. The van der Waals surface area contributed by atoms with Crippen molar-refractivity contribution in [3.8, 4) is 28.1 Å². The number of hydrogen-bond acceptors (Lipinski definition) is 7. The van der Waals surface area contributed by atoms with Crippen molar-refractivity contribution < 1.29 is 22.0 Å². The Kier molecular flexibility index (Phi) is 6.09. The van der Waals surface area contributed by atoms with Gasteiger partial charge in [-0.2, -0.15) is 23.2 Å². The number of pyridine rings is 1. The lowest BCUT2D eigenvalue weighted by Crippen LogP contribution is -2.15. The fraction of sp³-hybridized carbons (Fsp3) is 0.261. The first-order chi connectivity index (χ1) is 18.7. The molecule has 0 aliphatic heterocycles. The van der Waals surface area contributed by atoms with Crippen molar-refractivity contribution in [2.75, 3.05) is 0 Å². The van der Waals surface area contributed by atoms with E-state index in [-0.39, 0.29) is 29.1 Å². The van der Waals surface area contributed by atoms with Gasteiger partial charge >= 0.3 is 6.55 Å². The minimum absolute atomic E-state index is 0.0194. The van der Waals surface area contributed by atoms with Gasteiger partial charge in [0.25, 0.3) is 5.92 Å². The van der Waals surface area contributed by atoms with Crippen LogP contribution in [0.2, 0.25) is 5.02 Å². The molecule has 16 heteroatoms. The molecule has 6 rings (SSSR count). The van der Waals surface area contributed by atoms with Crippen LogP contribution < -0.4 is 0 Å². The quantitative estimate of drug-likeness (QED) is 0.245. The van der Waals surface area contributed by atoms with Gasteiger partial charge in [0.1, 0.15) is 12.0 Å². The van der Waals surface area contributed by atoms with Crippen molar-refractivity contribution >= 4 is 11.6 Å². The van der Waals surface area contributed by atoms with Gasteiger partial charge in [-0.3, -0.25) is 9.67 Å². The Labute approximate surface area is 221 Å². The smallest absolute Gasteiger partial charge is 0.263 e. The van der Waals surface area contributed by atoms with Crippen molar-refractivity contribution in [2.24, 2.45) is 5.92 Å². The van der Waals surface area contributed by atoms with Crippen LogP contribution in [0.3, 0.4) is 0 Å². The standard InChI is InChI=1S/C23H16ClF5N10/c24-15-2-4-18(39-11-31-34-36-39)20(21(15)25)12-1-3-16(30-7-12)19(5-14-6-23(14,28)29)37-9-13(8-32-37)17-10-38(22(26)27)35-33-17/h1-4,7-11,14,19,22H,5-6H2/t14-,19+/m0/s1. The van der Waals surface area contributed by atoms with Gasteiger partial charge in [-0.25, -0.2) is 13.2 Å². The third kappa shape index (κ3) is 4.73. The number of alkyl halides is 4. The van der Waals surface area contributed by atoms with Gasteiger partial charge in [-0.05, 0) is 35.0 Å². The molecule has 10 nitrogen and oxygen atoms in total. The van der Waals surface area contributed by atoms with E-state index in [1.165, 1.54) is 40.3 Å². The summed E-state index contributed by atoms with van der Waals surface area (Å²) in [5.74, 6) is -4.38. The second-order valence-electron chi connectivity index (χ2n) is 8.97. The molecule has 0 spiro atoms. The minimum Gasteiger partial charge on any atom is -0.263 e. The highest BCUT2D eigenvalue weighted by Crippen LogP contribution is 2.53. The fourth-order valence-corrected chi connectivity index (χ4v) is 4.49. The molecule has 0 radical (unpaired) electrons. The average Bonchev–Trinajstić information content (AvgIpc) is 3.50. The first kappa shape index (κ1) is 25.0. The number of aromatic nitrogens is 10. The zero-order valence-electron chi connectivity index (χ0n) is 19.6. The molecule has 1 aliphatic carbocycles. The van der Waals surface area contributed by atoms with Gasteiger partial charge in [0.15, 0.2) is 5.82 Å². The van der Waals surface area contributed by atoms with Gasteiger partial charge in [-0.15, -0.1) is 10.2 Å². The Hall–Kier alpha value is -4.27. The Morgan fingerprint density at radius 2 is 1.85 bits per heavy atom. The number of nitrogens with zero attached hydrogens (tertiary/aromatic N) is 10. The maximum Gasteiger partial charge on any atom is 0.334 e. The summed E-state index contributed by atoms with van der Waals surface area (Å²) in [6, 6.07) is 5.37. The van der Waals surface area contributed by atoms with Gasteiger partial charge in [0.05, 0.1) is 34.8 Å². The lowest BCUT2D eigenvalue weighted by molar-refractivity contribution is 0.0546. The predicted octanol–water partition coefficient (Wildman–Crippen LogP) is 5.00. The molecular weight excluding hydrogens is 547 g/mol. The van der Waals surface area contributed by atoms with Crippen LogP contribution in [0.4, 0.5) is 22.0 Å². The number of halogens is 6. The highest BCUT2D eigenvalue weighted by molar-refractivity contribution is 6.31. The lowest BCUT2D eigenvalue weighted by atomic mass is 10.0. The van der Waals surface area contributed by atoms with Gasteiger partial charge < -0.3 is 0 Å². The van der Waals surface area contributed by atoms with Gasteiger partial charge in [-0.1, -0.05) is 22.9 Å². The van der Waals surface area contributed by atoms with Crippen LogP contribution in [0.1, 0.15) is 31.1 Å². The van der Waals surface area contributed by atoms with Crippen molar-refractivity contribution in [1.82, 2.24) is 50.0 Å². The molecule has 5 aromatic rings. The molecule has 2 atom stereocenters. The highest BCUT2D eigenvalue weighted by Gasteiger charge is 2.57. The molecule has 0 saturated heterocycles. The van der Waals surface area contributed by atoms with Crippen molar-refractivity contribution in [2.45, 2.75) is 31.4 Å². The average molecular weight is 563 g/mol. The molecule has 0 bridgehead atoms. The van der Waals surface area contributed by atoms with E-state index < -0.39 is 30.2 Å². The second-order valence-corrected chi connectivity index (χ2v) is 9.37. The van der Waals surface area contributed by atoms with E-state index in [4.69, 9.17) is 11.6 Å². The lowest BCUT2D eigenvalue weighted by Gasteiger charge is -2.18. The zero-order chi connectivity index (χ0) is 27.3. The largest absolute Gasteiger partial charge is 0.334 e. The van der Waals surface area contributed by atoms with Crippen molar-refractivity contribution in [3.05, 3.63) is 71.9 Å². The number of benzene rings is 1. The predicted molar refractivity (Wildman–Crippen MR) is 126 cm³/mol. The number of tetrazole rings is 1. The first-order valence-corrected chi connectivity index (χ1v) is 11.9. The molecule has 0 amide bonds. The van der Waals surface area contributed by atoms with Gasteiger partial charge in [0.2, 0.25) is 0 Å². The molecule has 0 unspecified atom stereocenters. The first-order valence-electron chi connectivity index (χ1n) is 11.5. The number of hydrogen-bond donors (Lipinski definition) is 0. The zero-order valence-corrected chi connectivity index (χ0v) is 20.3. The fourth-order valence-electron chi connectivity index (χ4n) is 4.33. The summed E-state index contributed by atoms with van der Waals surface area (Å²) in [4.78, 5) is 4.46. The van der Waals surface area contributed by atoms with Crippen LogP contribution in [-0.2, 0) is 0 Å². The summed E-state index contributed by atoms with van der Waals surface area (Å²) < 4.78 is 71.8. The van der Waals surface area contributed by atoms with E-state index in [0.29, 0.717) is 27.2 Å².